The predicted molar refractivity (Wildman–Crippen MR) is 88.1 cm³/mol. The zero-order valence-electron chi connectivity index (χ0n) is 13.1. The van der Waals surface area contributed by atoms with E-state index < -0.39 is 0 Å². The van der Waals surface area contributed by atoms with Gasteiger partial charge in [-0.1, -0.05) is 0 Å². The van der Waals surface area contributed by atoms with Crippen LogP contribution in [0.4, 0.5) is 0 Å². The molecule has 0 aliphatic carbocycles. The number of amides is 4. The van der Waals surface area contributed by atoms with Crippen LogP contribution in [0.5, 0.6) is 0 Å². The number of imide groups is 2. The van der Waals surface area contributed by atoms with Gasteiger partial charge in [-0.3, -0.25) is 29.0 Å². The normalized spacial score (nSPS) is 25.1. The van der Waals surface area contributed by atoms with E-state index in [0.29, 0.717) is 0 Å². The molecule has 0 bridgehead atoms. The van der Waals surface area contributed by atoms with E-state index in [4.69, 9.17) is 4.74 Å². The molecule has 0 aromatic heterocycles. The highest BCUT2D eigenvalue weighted by atomic mass is 32.2. The van der Waals surface area contributed by atoms with Gasteiger partial charge in [0.1, 0.15) is 0 Å². The fourth-order valence-corrected chi connectivity index (χ4v) is 3.83. The average Bonchev–Trinajstić information content (AvgIpc) is 2.97. The molecule has 2 rings (SSSR count). The molecule has 2 saturated heterocycles. The molecule has 2 heterocycles. The molecule has 0 spiro atoms. The third-order valence-corrected chi connectivity index (χ3v) is 5.77. The van der Waals surface area contributed by atoms with Crippen molar-refractivity contribution in [1.82, 2.24) is 9.80 Å². The Labute approximate surface area is 143 Å². The van der Waals surface area contributed by atoms with Gasteiger partial charge < -0.3 is 4.74 Å². The van der Waals surface area contributed by atoms with Crippen LogP contribution in [-0.2, 0) is 23.9 Å². The summed E-state index contributed by atoms with van der Waals surface area (Å²) in [6.45, 7) is 0.843. The fraction of sp³-hybridized carbons (Fsp3) is 0.714. The van der Waals surface area contributed by atoms with Crippen LogP contribution in [-0.4, -0.2) is 82.7 Å². The lowest BCUT2D eigenvalue weighted by atomic mass is 10.4. The van der Waals surface area contributed by atoms with Crippen molar-refractivity contribution in [3.8, 4) is 0 Å². The average molecular weight is 360 g/mol. The first kappa shape index (κ1) is 18.3. The first-order chi connectivity index (χ1) is 11.0. The summed E-state index contributed by atoms with van der Waals surface area (Å²) in [5.74, 6) is -0.686. The summed E-state index contributed by atoms with van der Waals surface area (Å²) in [6, 6.07) is 0. The summed E-state index contributed by atoms with van der Waals surface area (Å²) in [4.78, 5) is 49.7. The van der Waals surface area contributed by atoms with Crippen molar-refractivity contribution in [1.29, 1.82) is 0 Å². The molecule has 2 atom stereocenters. The zero-order chi connectivity index (χ0) is 17.0. The Morgan fingerprint density at radius 1 is 0.870 bits per heavy atom. The molecule has 4 amide bonds. The van der Waals surface area contributed by atoms with E-state index in [1.165, 1.54) is 33.3 Å². The molecule has 0 radical (unpaired) electrons. The van der Waals surface area contributed by atoms with Crippen LogP contribution in [0.1, 0.15) is 12.8 Å². The van der Waals surface area contributed by atoms with Gasteiger partial charge in [0, 0.05) is 12.8 Å². The second-order valence-corrected chi connectivity index (χ2v) is 7.32. The molecule has 2 fully saturated rings. The van der Waals surface area contributed by atoms with Crippen molar-refractivity contribution in [2.75, 3.05) is 38.8 Å². The zero-order valence-corrected chi connectivity index (χ0v) is 14.8. The minimum atomic E-state index is -0.286. The SMILES string of the molecule is CSC1CC(=O)N(CCOCCN2C(=O)CC(SC)C2=O)C1=O. The number of thioether (sulfide) groups is 2. The lowest BCUT2D eigenvalue weighted by Gasteiger charge is -2.17. The summed E-state index contributed by atoms with van der Waals surface area (Å²) in [5, 5.41) is -0.573. The Morgan fingerprint density at radius 3 is 1.57 bits per heavy atom. The minimum Gasteiger partial charge on any atom is -0.378 e. The van der Waals surface area contributed by atoms with Gasteiger partial charge in [-0.2, -0.15) is 23.5 Å². The first-order valence-corrected chi connectivity index (χ1v) is 9.89. The molecule has 0 N–H and O–H groups in total. The quantitative estimate of drug-likeness (QED) is 0.444. The maximum Gasteiger partial charge on any atom is 0.242 e. The predicted octanol–water partition coefficient (Wildman–Crippen LogP) is -0.0160. The molecule has 23 heavy (non-hydrogen) atoms. The molecule has 0 saturated carbocycles. The van der Waals surface area contributed by atoms with Gasteiger partial charge in [-0.25, -0.2) is 0 Å². The van der Waals surface area contributed by atoms with E-state index in [-0.39, 0.29) is 73.3 Å². The summed E-state index contributed by atoms with van der Waals surface area (Å²) in [7, 11) is 0. The Morgan fingerprint density at radius 2 is 1.26 bits per heavy atom. The van der Waals surface area contributed by atoms with Crippen LogP contribution < -0.4 is 0 Å². The summed E-state index contributed by atoms with van der Waals surface area (Å²) in [5.41, 5.74) is 0. The second kappa shape index (κ2) is 8.16. The highest BCUT2D eigenvalue weighted by molar-refractivity contribution is 8.00. The monoisotopic (exact) mass is 360 g/mol. The van der Waals surface area contributed by atoms with Crippen molar-refractivity contribution >= 4 is 47.2 Å². The number of nitrogens with zero attached hydrogens (tertiary/aromatic N) is 2. The maximum atomic E-state index is 11.9. The molecule has 9 heteroatoms. The number of rotatable bonds is 8. The van der Waals surface area contributed by atoms with Crippen LogP contribution in [0, 0.1) is 0 Å². The van der Waals surface area contributed by atoms with Crippen molar-refractivity contribution in [2.24, 2.45) is 0 Å². The van der Waals surface area contributed by atoms with Gasteiger partial charge in [0.15, 0.2) is 0 Å². The van der Waals surface area contributed by atoms with Gasteiger partial charge in [-0.05, 0) is 12.5 Å². The topological polar surface area (TPSA) is 84.0 Å². The van der Waals surface area contributed by atoms with E-state index in [9.17, 15) is 19.2 Å². The summed E-state index contributed by atoms with van der Waals surface area (Å²) >= 11 is 2.75. The molecule has 0 aromatic carbocycles. The van der Waals surface area contributed by atoms with E-state index in [1.807, 2.05) is 12.5 Å². The minimum absolute atomic E-state index is 0.168. The Balaban J connectivity index is 1.69. The van der Waals surface area contributed by atoms with Gasteiger partial charge in [0.25, 0.3) is 0 Å². The van der Waals surface area contributed by atoms with Crippen molar-refractivity contribution in [3.63, 3.8) is 0 Å². The second-order valence-electron chi connectivity index (χ2n) is 5.24. The maximum absolute atomic E-state index is 11.9. The van der Waals surface area contributed by atoms with E-state index in [2.05, 4.69) is 0 Å². The van der Waals surface area contributed by atoms with Gasteiger partial charge >= 0.3 is 0 Å². The highest BCUT2D eigenvalue weighted by Gasteiger charge is 2.38. The number of hydrogen-bond acceptors (Lipinski definition) is 7. The smallest absolute Gasteiger partial charge is 0.242 e. The van der Waals surface area contributed by atoms with Crippen LogP contribution in [0.2, 0.25) is 0 Å². The molecule has 2 aliphatic heterocycles. The van der Waals surface area contributed by atoms with Crippen LogP contribution in [0.25, 0.3) is 0 Å². The fourth-order valence-electron chi connectivity index (χ4n) is 2.56. The Bertz CT molecular complexity index is 469. The van der Waals surface area contributed by atoms with Crippen LogP contribution >= 0.6 is 23.5 Å². The number of ether oxygens (including phenoxy) is 1. The van der Waals surface area contributed by atoms with Crippen LogP contribution in [0.3, 0.4) is 0 Å². The first-order valence-electron chi connectivity index (χ1n) is 7.31. The lowest BCUT2D eigenvalue weighted by Crippen LogP contribution is -2.36. The summed E-state index contributed by atoms with van der Waals surface area (Å²) < 4.78 is 5.38. The molecule has 128 valence electrons. The molecule has 7 nitrogen and oxygen atoms in total. The Kier molecular flexibility index (Phi) is 6.49. The lowest BCUT2D eigenvalue weighted by molar-refractivity contribution is -0.139. The van der Waals surface area contributed by atoms with Crippen molar-refractivity contribution in [3.05, 3.63) is 0 Å². The molecular weight excluding hydrogens is 340 g/mol. The van der Waals surface area contributed by atoms with Crippen molar-refractivity contribution < 1.29 is 23.9 Å². The molecule has 2 aliphatic rings. The summed E-state index contributed by atoms with van der Waals surface area (Å²) in [6.07, 6.45) is 4.10. The number of carbonyl (C=O) groups is 4. The molecule has 0 aromatic rings. The number of hydrogen-bond donors (Lipinski definition) is 0. The molecular formula is C14H20N2O5S2. The third-order valence-electron chi connectivity index (χ3n) is 3.89. The van der Waals surface area contributed by atoms with E-state index in [1.54, 1.807) is 0 Å². The standard InChI is InChI=1S/C14H20N2O5S2/c1-22-9-7-11(17)15(13(9)19)3-5-21-6-4-16-12(18)8-10(23-2)14(16)20/h9-10H,3-8H2,1-2H3. The largest absolute Gasteiger partial charge is 0.378 e. The van der Waals surface area contributed by atoms with E-state index in [0.717, 1.165) is 0 Å². The highest BCUT2D eigenvalue weighted by Crippen LogP contribution is 2.23. The van der Waals surface area contributed by atoms with Gasteiger partial charge in [0.05, 0.1) is 36.8 Å². The van der Waals surface area contributed by atoms with Gasteiger partial charge in [0.2, 0.25) is 23.6 Å². The van der Waals surface area contributed by atoms with Crippen molar-refractivity contribution in [2.45, 2.75) is 23.3 Å². The molecule has 2 unspecified atom stereocenters. The number of carbonyl (C=O) groups excluding carboxylic acids is 4. The Hall–Kier alpha value is -1.06. The van der Waals surface area contributed by atoms with Crippen LogP contribution in [0.15, 0.2) is 0 Å². The van der Waals surface area contributed by atoms with Gasteiger partial charge in [-0.15, -0.1) is 0 Å². The van der Waals surface area contributed by atoms with E-state index >= 15 is 0 Å². The number of likely N-dealkylation sites (tertiary alicyclic amines) is 2. The third kappa shape index (κ3) is 4.07.